The van der Waals surface area contributed by atoms with Gasteiger partial charge in [0.2, 0.25) is 5.91 Å². The van der Waals surface area contributed by atoms with Gasteiger partial charge in [-0.15, -0.1) is 0 Å². The molecular formula is C17H20F2N2O3. The molecule has 1 aromatic carbocycles. The van der Waals surface area contributed by atoms with Gasteiger partial charge >= 0.3 is 0 Å². The number of hydrogen-bond donors (Lipinski definition) is 1. The number of halogens is 2. The molecule has 1 N–H and O–H groups in total. The van der Waals surface area contributed by atoms with E-state index in [9.17, 15) is 18.4 Å². The van der Waals surface area contributed by atoms with Crippen molar-refractivity contribution in [2.45, 2.75) is 13.3 Å². The van der Waals surface area contributed by atoms with Gasteiger partial charge in [0.1, 0.15) is 0 Å². The van der Waals surface area contributed by atoms with E-state index in [1.54, 1.807) is 7.05 Å². The zero-order valence-electron chi connectivity index (χ0n) is 13.7. The molecule has 0 radical (unpaired) electrons. The minimum absolute atomic E-state index is 0.137. The van der Waals surface area contributed by atoms with Gasteiger partial charge in [0.15, 0.2) is 11.6 Å². The third-order valence-electron chi connectivity index (χ3n) is 5.18. The van der Waals surface area contributed by atoms with Crippen LogP contribution in [0.1, 0.15) is 22.3 Å². The van der Waals surface area contributed by atoms with Crippen molar-refractivity contribution in [2.24, 2.45) is 11.3 Å². The van der Waals surface area contributed by atoms with E-state index in [4.69, 9.17) is 4.74 Å². The van der Waals surface area contributed by atoms with Crippen molar-refractivity contribution in [1.82, 2.24) is 10.2 Å². The third kappa shape index (κ3) is 2.47. The van der Waals surface area contributed by atoms with Crippen molar-refractivity contribution in [3.05, 3.63) is 34.9 Å². The highest BCUT2D eigenvalue weighted by Crippen LogP contribution is 2.43. The van der Waals surface area contributed by atoms with E-state index < -0.39 is 23.0 Å². The Balaban J connectivity index is 1.90. The molecule has 2 heterocycles. The van der Waals surface area contributed by atoms with Crippen LogP contribution in [-0.4, -0.2) is 50.1 Å². The van der Waals surface area contributed by atoms with Crippen LogP contribution in [0.3, 0.4) is 0 Å². The highest BCUT2D eigenvalue weighted by atomic mass is 19.2. The zero-order valence-corrected chi connectivity index (χ0v) is 13.7. The van der Waals surface area contributed by atoms with Gasteiger partial charge in [-0.1, -0.05) is 6.07 Å². The first-order chi connectivity index (χ1) is 11.4. The zero-order chi connectivity index (χ0) is 17.5. The average molecular weight is 338 g/mol. The smallest absolute Gasteiger partial charge is 0.256 e. The van der Waals surface area contributed by atoms with E-state index in [1.807, 2.05) is 0 Å². The molecule has 2 aliphatic heterocycles. The largest absolute Gasteiger partial charge is 0.381 e. The average Bonchev–Trinajstić information content (AvgIpc) is 2.99. The van der Waals surface area contributed by atoms with Gasteiger partial charge in [0.05, 0.1) is 17.6 Å². The van der Waals surface area contributed by atoms with Crippen molar-refractivity contribution in [2.75, 3.05) is 33.4 Å². The number of likely N-dealkylation sites (tertiary alicyclic amines) is 1. The molecule has 2 atom stereocenters. The van der Waals surface area contributed by atoms with Crippen molar-refractivity contribution in [1.29, 1.82) is 0 Å². The molecule has 5 nitrogen and oxygen atoms in total. The van der Waals surface area contributed by atoms with Crippen molar-refractivity contribution in [3.8, 4) is 0 Å². The Hall–Kier alpha value is -2.02. The highest BCUT2D eigenvalue weighted by molar-refractivity contribution is 5.96. The fourth-order valence-corrected chi connectivity index (χ4v) is 3.71. The number of carbonyl (C=O) groups excluding carboxylic acids is 2. The Bertz CT molecular complexity index is 695. The maximum Gasteiger partial charge on any atom is 0.256 e. The van der Waals surface area contributed by atoms with Gasteiger partial charge in [-0.05, 0) is 25.0 Å². The van der Waals surface area contributed by atoms with E-state index >= 15 is 0 Å². The summed E-state index contributed by atoms with van der Waals surface area (Å²) in [5.41, 5.74) is -0.873. The molecule has 7 heteroatoms. The molecule has 2 fully saturated rings. The minimum atomic E-state index is -1.14. The second-order valence-electron chi connectivity index (χ2n) is 6.50. The number of carbonyl (C=O) groups is 2. The molecule has 24 heavy (non-hydrogen) atoms. The SMILES string of the molecule is CNC(=O)[C@]12CCOC[C@H]1CN(C(=O)c1ccc(C)c(F)c1F)C2. The van der Waals surface area contributed by atoms with Gasteiger partial charge in [0, 0.05) is 32.7 Å². The van der Waals surface area contributed by atoms with Gasteiger partial charge in [-0.2, -0.15) is 0 Å². The van der Waals surface area contributed by atoms with Gasteiger partial charge in [-0.25, -0.2) is 8.78 Å². The fourth-order valence-electron chi connectivity index (χ4n) is 3.71. The molecular weight excluding hydrogens is 318 g/mol. The first kappa shape index (κ1) is 16.8. The lowest BCUT2D eigenvalue weighted by atomic mass is 9.73. The fraction of sp³-hybridized carbons (Fsp3) is 0.529. The van der Waals surface area contributed by atoms with Crippen LogP contribution in [0.15, 0.2) is 12.1 Å². The van der Waals surface area contributed by atoms with Crippen LogP contribution in [0.25, 0.3) is 0 Å². The lowest BCUT2D eigenvalue weighted by Gasteiger charge is -2.36. The molecule has 1 aromatic rings. The lowest BCUT2D eigenvalue weighted by Crippen LogP contribution is -2.49. The predicted octanol–water partition coefficient (Wildman–Crippen LogP) is 1.50. The number of hydrogen-bond acceptors (Lipinski definition) is 3. The van der Waals surface area contributed by atoms with E-state index in [2.05, 4.69) is 5.32 Å². The summed E-state index contributed by atoms with van der Waals surface area (Å²) in [4.78, 5) is 26.5. The number of rotatable bonds is 2. The normalized spacial score (nSPS) is 26.2. The molecule has 0 aromatic heterocycles. The highest BCUT2D eigenvalue weighted by Gasteiger charge is 2.54. The Labute approximate surface area is 139 Å². The predicted molar refractivity (Wildman–Crippen MR) is 82.4 cm³/mol. The van der Waals surface area contributed by atoms with Crippen LogP contribution in [0.2, 0.25) is 0 Å². The van der Waals surface area contributed by atoms with Crippen LogP contribution in [0.5, 0.6) is 0 Å². The second kappa shape index (κ2) is 6.12. The summed E-state index contributed by atoms with van der Waals surface area (Å²) >= 11 is 0. The molecule has 2 aliphatic rings. The lowest BCUT2D eigenvalue weighted by molar-refractivity contribution is -0.138. The van der Waals surface area contributed by atoms with Crippen LogP contribution in [-0.2, 0) is 9.53 Å². The summed E-state index contributed by atoms with van der Waals surface area (Å²) < 4.78 is 33.3. The standard InChI is InChI=1S/C17H20F2N2O3/c1-10-3-4-12(14(19)13(10)18)15(22)21-7-11-8-24-6-5-17(11,9-21)16(23)20-2/h3-4,11H,5-9H2,1-2H3,(H,20,23)/t11-,17+/m1/s1. The third-order valence-corrected chi connectivity index (χ3v) is 5.18. The summed E-state index contributed by atoms with van der Waals surface area (Å²) in [6.45, 7) is 2.74. The summed E-state index contributed by atoms with van der Waals surface area (Å²) in [6, 6.07) is 2.67. The maximum atomic E-state index is 14.1. The first-order valence-corrected chi connectivity index (χ1v) is 7.94. The molecule has 0 unspecified atom stereocenters. The number of benzene rings is 1. The Morgan fingerprint density at radius 1 is 1.33 bits per heavy atom. The van der Waals surface area contributed by atoms with Gasteiger partial charge < -0.3 is 15.0 Å². The van der Waals surface area contributed by atoms with Crippen LogP contribution < -0.4 is 5.32 Å². The number of nitrogens with zero attached hydrogens (tertiary/aromatic N) is 1. The Kier molecular flexibility index (Phi) is 4.29. The number of ether oxygens (including phenoxy) is 1. The topological polar surface area (TPSA) is 58.6 Å². The molecule has 0 spiro atoms. The molecule has 130 valence electrons. The Morgan fingerprint density at radius 2 is 2.08 bits per heavy atom. The summed E-state index contributed by atoms with van der Waals surface area (Å²) in [6.07, 6.45) is 0.506. The molecule has 2 saturated heterocycles. The number of fused-ring (bicyclic) bond motifs is 1. The van der Waals surface area contributed by atoms with Crippen molar-refractivity contribution < 1.29 is 23.1 Å². The van der Waals surface area contributed by atoms with Crippen LogP contribution in [0.4, 0.5) is 8.78 Å². The summed E-state index contributed by atoms with van der Waals surface area (Å²) in [5.74, 6) is -3.03. The van der Waals surface area contributed by atoms with Crippen LogP contribution in [0, 0.1) is 29.9 Å². The summed E-state index contributed by atoms with van der Waals surface area (Å²) in [7, 11) is 1.56. The number of nitrogens with one attached hydrogen (secondary N) is 1. The quantitative estimate of drug-likeness (QED) is 0.889. The molecule has 0 bridgehead atoms. The number of amides is 2. The number of aryl methyl sites for hydroxylation is 1. The molecule has 3 rings (SSSR count). The van der Waals surface area contributed by atoms with Crippen molar-refractivity contribution >= 4 is 11.8 Å². The second-order valence-corrected chi connectivity index (χ2v) is 6.50. The summed E-state index contributed by atoms with van der Waals surface area (Å²) in [5, 5.41) is 2.66. The van der Waals surface area contributed by atoms with E-state index in [1.165, 1.54) is 24.0 Å². The first-order valence-electron chi connectivity index (χ1n) is 7.94. The molecule has 0 saturated carbocycles. The van der Waals surface area contributed by atoms with E-state index in [0.717, 1.165) is 0 Å². The molecule has 0 aliphatic carbocycles. The minimum Gasteiger partial charge on any atom is -0.381 e. The van der Waals surface area contributed by atoms with Crippen LogP contribution >= 0.6 is 0 Å². The van der Waals surface area contributed by atoms with Gasteiger partial charge in [0.25, 0.3) is 5.91 Å². The van der Waals surface area contributed by atoms with E-state index in [-0.39, 0.29) is 29.5 Å². The maximum absolute atomic E-state index is 14.1. The molecule has 2 amide bonds. The van der Waals surface area contributed by atoms with Crippen molar-refractivity contribution in [3.63, 3.8) is 0 Å². The van der Waals surface area contributed by atoms with E-state index in [0.29, 0.717) is 26.2 Å². The Morgan fingerprint density at radius 3 is 2.79 bits per heavy atom. The monoisotopic (exact) mass is 338 g/mol. The van der Waals surface area contributed by atoms with Gasteiger partial charge in [-0.3, -0.25) is 9.59 Å².